The lowest BCUT2D eigenvalue weighted by molar-refractivity contribution is -0.136. The summed E-state index contributed by atoms with van der Waals surface area (Å²) in [5.74, 6) is 0.150. The molecular formula is C11H20N2O2. The largest absolute Gasteiger partial charge is 0.378 e. The lowest BCUT2D eigenvalue weighted by Gasteiger charge is -2.33. The van der Waals surface area contributed by atoms with Crippen LogP contribution in [0, 0.1) is 0 Å². The molecule has 2 rings (SSSR count). The molecule has 86 valence electrons. The van der Waals surface area contributed by atoms with Crippen molar-refractivity contribution in [2.75, 3.05) is 19.7 Å². The molecule has 4 heteroatoms. The van der Waals surface area contributed by atoms with E-state index < -0.39 is 5.54 Å². The van der Waals surface area contributed by atoms with E-state index in [-0.39, 0.29) is 5.91 Å². The number of rotatable bonds is 3. The predicted molar refractivity (Wildman–Crippen MR) is 57.4 cm³/mol. The molecule has 2 N–H and O–H groups in total. The molecule has 0 spiro atoms. The number of ether oxygens (including phenoxy) is 1. The third kappa shape index (κ3) is 2.32. The van der Waals surface area contributed by atoms with E-state index in [9.17, 15) is 4.79 Å². The molecule has 0 aromatic rings. The molecule has 0 aromatic heterocycles. The Hall–Kier alpha value is -0.610. The fourth-order valence-electron chi connectivity index (χ4n) is 2.12. The average molecular weight is 212 g/mol. The van der Waals surface area contributed by atoms with E-state index in [0.717, 1.165) is 45.4 Å². The highest BCUT2D eigenvalue weighted by atomic mass is 16.5. The van der Waals surface area contributed by atoms with Crippen molar-refractivity contribution in [3.8, 4) is 0 Å². The van der Waals surface area contributed by atoms with Crippen molar-refractivity contribution >= 4 is 5.91 Å². The van der Waals surface area contributed by atoms with Crippen molar-refractivity contribution in [2.24, 2.45) is 5.73 Å². The van der Waals surface area contributed by atoms with Crippen LogP contribution in [-0.2, 0) is 9.53 Å². The van der Waals surface area contributed by atoms with Gasteiger partial charge in [0.1, 0.15) is 0 Å². The van der Waals surface area contributed by atoms with Gasteiger partial charge in [-0.1, -0.05) is 0 Å². The molecule has 2 fully saturated rings. The number of amides is 1. The van der Waals surface area contributed by atoms with E-state index in [4.69, 9.17) is 10.5 Å². The molecule has 15 heavy (non-hydrogen) atoms. The molecular weight excluding hydrogens is 192 g/mol. The summed E-state index contributed by atoms with van der Waals surface area (Å²) in [6.07, 6.45) is 3.96. The van der Waals surface area contributed by atoms with Crippen LogP contribution in [0.1, 0.15) is 32.6 Å². The third-order valence-electron chi connectivity index (χ3n) is 3.35. The highest BCUT2D eigenvalue weighted by molar-refractivity contribution is 5.89. The van der Waals surface area contributed by atoms with Gasteiger partial charge >= 0.3 is 0 Å². The van der Waals surface area contributed by atoms with Gasteiger partial charge in [-0.3, -0.25) is 4.79 Å². The van der Waals surface area contributed by atoms with Gasteiger partial charge in [-0.2, -0.15) is 0 Å². The number of hydrogen-bond donors (Lipinski definition) is 1. The van der Waals surface area contributed by atoms with Gasteiger partial charge in [0, 0.05) is 19.7 Å². The lowest BCUT2D eigenvalue weighted by Crippen LogP contribution is -2.49. The number of carbonyl (C=O) groups excluding carboxylic acids is 1. The van der Waals surface area contributed by atoms with Crippen LogP contribution >= 0.6 is 0 Å². The maximum atomic E-state index is 11.9. The maximum absolute atomic E-state index is 11.9. The summed E-state index contributed by atoms with van der Waals surface area (Å²) in [5, 5.41) is 0. The summed E-state index contributed by atoms with van der Waals surface area (Å²) in [6.45, 7) is 4.39. The van der Waals surface area contributed by atoms with E-state index in [1.54, 1.807) is 0 Å². The van der Waals surface area contributed by atoms with Crippen LogP contribution in [0.4, 0.5) is 0 Å². The smallest absolute Gasteiger partial charge is 0.242 e. The lowest BCUT2D eigenvalue weighted by atomic mass is 10.1. The Morgan fingerprint density at radius 2 is 2.07 bits per heavy atom. The first-order valence-corrected chi connectivity index (χ1v) is 5.85. The first-order valence-electron chi connectivity index (χ1n) is 5.85. The van der Waals surface area contributed by atoms with Crippen molar-refractivity contribution in [1.29, 1.82) is 0 Å². The predicted octanol–water partition coefficient (Wildman–Crippen LogP) is 0.505. The summed E-state index contributed by atoms with van der Waals surface area (Å²) in [6, 6.07) is 0. The van der Waals surface area contributed by atoms with Gasteiger partial charge in [0.05, 0.1) is 11.6 Å². The summed E-state index contributed by atoms with van der Waals surface area (Å²) < 4.78 is 5.54. The molecule has 1 aliphatic carbocycles. The van der Waals surface area contributed by atoms with E-state index >= 15 is 0 Å². The van der Waals surface area contributed by atoms with Crippen LogP contribution in [0.3, 0.4) is 0 Å². The Labute approximate surface area is 90.8 Å². The molecule has 0 atom stereocenters. The second-order valence-electron chi connectivity index (χ2n) is 4.60. The molecule has 1 saturated carbocycles. The summed E-state index contributed by atoms with van der Waals surface area (Å²) >= 11 is 0. The van der Waals surface area contributed by atoms with Gasteiger partial charge in [0.15, 0.2) is 0 Å². The van der Waals surface area contributed by atoms with Crippen LogP contribution in [0.25, 0.3) is 0 Å². The number of carbonyl (C=O) groups is 1. The van der Waals surface area contributed by atoms with Gasteiger partial charge in [-0.05, 0) is 32.6 Å². The molecule has 0 unspecified atom stereocenters. The number of likely N-dealkylation sites (tertiary alicyclic amines) is 1. The topological polar surface area (TPSA) is 55.6 Å². The number of nitrogens with zero attached hydrogens (tertiary/aromatic N) is 1. The zero-order valence-corrected chi connectivity index (χ0v) is 9.37. The average Bonchev–Trinajstić information content (AvgIpc) is 2.99. The van der Waals surface area contributed by atoms with Gasteiger partial charge in [-0.15, -0.1) is 0 Å². The van der Waals surface area contributed by atoms with Gasteiger partial charge in [0.2, 0.25) is 5.91 Å². The van der Waals surface area contributed by atoms with E-state index in [1.165, 1.54) is 0 Å². The Kier molecular flexibility index (Phi) is 2.98. The van der Waals surface area contributed by atoms with Crippen LogP contribution in [0.5, 0.6) is 0 Å². The molecule has 1 heterocycles. The fourth-order valence-corrected chi connectivity index (χ4v) is 2.12. The minimum absolute atomic E-state index is 0.150. The van der Waals surface area contributed by atoms with Crippen LogP contribution in [-0.4, -0.2) is 42.1 Å². The van der Waals surface area contributed by atoms with Crippen molar-refractivity contribution in [3.05, 3.63) is 0 Å². The van der Waals surface area contributed by atoms with Crippen LogP contribution in [0.15, 0.2) is 0 Å². The number of hydrogen-bond acceptors (Lipinski definition) is 3. The van der Waals surface area contributed by atoms with Crippen molar-refractivity contribution in [3.63, 3.8) is 0 Å². The number of nitrogens with two attached hydrogens (primary N) is 1. The van der Waals surface area contributed by atoms with Crippen molar-refractivity contribution < 1.29 is 9.53 Å². The first kappa shape index (κ1) is 10.9. The molecule has 0 radical (unpaired) electrons. The fraction of sp³-hybridized carbons (Fsp3) is 0.909. The van der Waals surface area contributed by atoms with Crippen LogP contribution < -0.4 is 5.73 Å². The standard InChI is InChI=1S/C11H20N2O2/c1-2-15-9-3-7-13(8-4-9)10(14)11(12)5-6-11/h9H,2-8,12H2,1H3. The molecule has 2 aliphatic rings. The summed E-state index contributed by atoms with van der Waals surface area (Å²) in [7, 11) is 0. The second-order valence-corrected chi connectivity index (χ2v) is 4.60. The molecule has 1 amide bonds. The van der Waals surface area contributed by atoms with E-state index in [2.05, 4.69) is 0 Å². The first-order chi connectivity index (χ1) is 7.15. The summed E-state index contributed by atoms with van der Waals surface area (Å²) in [4.78, 5) is 13.8. The zero-order valence-electron chi connectivity index (χ0n) is 9.37. The van der Waals surface area contributed by atoms with Gasteiger partial charge in [0.25, 0.3) is 0 Å². The SMILES string of the molecule is CCOC1CCN(C(=O)C2(N)CC2)CC1. The minimum atomic E-state index is -0.502. The number of piperidine rings is 1. The van der Waals surface area contributed by atoms with Gasteiger partial charge in [-0.25, -0.2) is 0 Å². The highest BCUT2D eigenvalue weighted by Gasteiger charge is 2.48. The normalized spacial score (nSPS) is 25.3. The molecule has 0 bridgehead atoms. The summed E-state index contributed by atoms with van der Waals surface area (Å²) in [5.41, 5.74) is 5.39. The second kappa shape index (κ2) is 4.10. The van der Waals surface area contributed by atoms with Crippen molar-refractivity contribution in [1.82, 2.24) is 4.90 Å². The zero-order chi connectivity index (χ0) is 10.9. The Bertz CT molecular complexity index is 243. The minimum Gasteiger partial charge on any atom is -0.378 e. The molecule has 1 saturated heterocycles. The quantitative estimate of drug-likeness (QED) is 0.741. The van der Waals surface area contributed by atoms with Crippen LogP contribution in [0.2, 0.25) is 0 Å². The Morgan fingerprint density at radius 3 is 2.53 bits per heavy atom. The third-order valence-corrected chi connectivity index (χ3v) is 3.35. The molecule has 4 nitrogen and oxygen atoms in total. The van der Waals surface area contributed by atoms with Crippen molar-refractivity contribution in [2.45, 2.75) is 44.2 Å². The Morgan fingerprint density at radius 1 is 1.47 bits per heavy atom. The Balaban J connectivity index is 1.80. The highest BCUT2D eigenvalue weighted by Crippen LogP contribution is 2.34. The van der Waals surface area contributed by atoms with Gasteiger partial charge < -0.3 is 15.4 Å². The monoisotopic (exact) mass is 212 g/mol. The molecule has 0 aromatic carbocycles. The maximum Gasteiger partial charge on any atom is 0.242 e. The van der Waals surface area contributed by atoms with E-state index in [0.29, 0.717) is 6.10 Å². The van der Waals surface area contributed by atoms with E-state index in [1.807, 2.05) is 11.8 Å². The molecule has 1 aliphatic heterocycles.